The fraction of sp³-hybridized carbons (Fsp3) is 0.667. The third-order valence-corrected chi connectivity index (χ3v) is 3.49. The monoisotopic (exact) mass is 217 g/mol. The molecular weight excluding hydrogens is 194 g/mol. The molecule has 0 saturated carbocycles. The van der Waals surface area contributed by atoms with Gasteiger partial charge in [-0.25, -0.2) is 0 Å². The SMILES string of the molecule is CCCC(=CCC#N)CC(C)C1CC=CC1. The van der Waals surface area contributed by atoms with Crippen LogP contribution in [0.1, 0.15) is 52.4 Å². The maximum atomic E-state index is 8.62. The summed E-state index contributed by atoms with van der Waals surface area (Å²) in [4.78, 5) is 0. The molecule has 0 spiro atoms. The molecule has 16 heavy (non-hydrogen) atoms. The van der Waals surface area contributed by atoms with Crippen molar-refractivity contribution >= 4 is 0 Å². The molecule has 0 saturated heterocycles. The Morgan fingerprint density at radius 2 is 2.19 bits per heavy atom. The number of rotatable bonds is 6. The summed E-state index contributed by atoms with van der Waals surface area (Å²) in [7, 11) is 0. The normalized spacial score (nSPS) is 18.7. The third-order valence-electron chi connectivity index (χ3n) is 3.49. The Morgan fingerprint density at radius 1 is 1.50 bits per heavy atom. The minimum Gasteiger partial charge on any atom is -0.198 e. The van der Waals surface area contributed by atoms with Gasteiger partial charge in [-0.1, -0.05) is 44.1 Å². The number of nitrogens with zero attached hydrogens (tertiary/aromatic N) is 1. The van der Waals surface area contributed by atoms with Crippen molar-refractivity contribution < 1.29 is 0 Å². The van der Waals surface area contributed by atoms with Gasteiger partial charge in [0.1, 0.15) is 0 Å². The molecule has 0 N–H and O–H groups in total. The van der Waals surface area contributed by atoms with E-state index in [1.807, 2.05) is 0 Å². The van der Waals surface area contributed by atoms with E-state index < -0.39 is 0 Å². The highest BCUT2D eigenvalue weighted by Crippen LogP contribution is 2.31. The van der Waals surface area contributed by atoms with E-state index in [9.17, 15) is 0 Å². The Bertz CT molecular complexity index is 285. The molecule has 0 aliphatic heterocycles. The molecule has 0 aromatic rings. The van der Waals surface area contributed by atoms with Gasteiger partial charge in [0.05, 0.1) is 12.5 Å². The van der Waals surface area contributed by atoms with Gasteiger partial charge in [0, 0.05) is 0 Å². The Morgan fingerprint density at radius 3 is 2.75 bits per heavy atom. The molecule has 1 aliphatic rings. The van der Waals surface area contributed by atoms with Crippen molar-refractivity contribution in [1.82, 2.24) is 0 Å². The Labute approximate surface area is 99.9 Å². The number of hydrogen-bond acceptors (Lipinski definition) is 1. The molecule has 1 aliphatic carbocycles. The second kappa shape index (κ2) is 7.28. The van der Waals surface area contributed by atoms with Crippen molar-refractivity contribution in [2.24, 2.45) is 11.8 Å². The van der Waals surface area contributed by atoms with Crippen molar-refractivity contribution in [3.63, 3.8) is 0 Å². The topological polar surface area (TPSA) is 23.8 Å². The number of nitriles is 1. The van der Waals surface area contributed by atoms with Crippen LogP contribution < -0.4 is 0 Å². The predicted octanol–water partition coefficient (Wildman–Crippen LogP) is 4.62. The second-order valence-electron chi connectivity index (χ2n) is 4.86. The van der Waals surface area contributed by atoms with Crippen LogP contribution >= 0.6 is 0 Å². The summed E-state index contributed by atoms with van der Waals surface area (Å²) in [5.41, 5.74) is 1.49. The molecule has 1 atom stereocenters. The van der Waals surface area contributed by atoms with Crippen LogP contribution in [0.3, 0.4) is 0 Å². The van der Waals surface area contributed by atoms with Crippen LogP contribution in [0.5, 0.6) is 0 Å². The van der Waals surface area contributed by atoms with Crippen LogP contribution in [-0.2, 0) is 0 Å². The first-order valence-electron chi connectivity index (χ1n) is 6.47. The quantitative estimate of drug-likeness (QED) is 0.595. The highest BCUT2D eigenvalue weighted by molar-refractivity contribution is 5.07. The summed E-state index contributed by atoms with van der Waals surface area (Å²) in [5.74, 6) is 1.59. The molecule has 1 heteroatoms. The van der Waals surface area contributed by atoms with Gasteiger partial charge in [-0.05, 0) is 37.5 Å². The molecule has 0 aromatic heterocycles. The van der Waals surface area contributed by atoms with E-state index in [2.05, 4.69) is 38.1 Å². The Hall–Kier alpha value is -1.03. The van der Waals surface area contributed by atoms with Gasteiger partial charge in [-0.3, -0.25) is 0 Å². The lowest BCUT2D eigenvalue weighted by Crippen LogP contribution is -2.09. The summed E-state index contributed by atoms with van der Waals surface area (Å²) in [6.45, 7) is 4.57. The van der Waals surface area contributed by atoms with Crippen LogP contribution in [0.2, 0.25) is 0 Å². The fourth-order valence-electron chi connectivity index (χ4n) is 2.48. The Balaban J connectivity index is 2.44. The minimum absolute atomic E-state index is 0.574. The van der Waals surface area contributed by atoms with Crippen LogP contribution in [-0.4, -0.2) is 0 Å². The number of allylic oxidation sites excluding steroid dienone is 4. The maximum absolute atomic E-state index is 8.62. The molecule has 0 aromatic carbocycles. The first-order valence-corrected chi connectivity index (χ1v) is 6.47. The van der Waals surface area contributed by atoms with Crippen LogP contribution in [0.4, 0.5) is 0 Å². The molecule has 1 unspecified atom stereocenters. The summed E-state index contributed by atoms with van der Waals surface area (Å²) < 4.78 is 0. The largest absolute Gasteiger partial charge is 0.198 e. The van der Waals surface area contributed by atoms with E-state index in [0.29, 0.717) is 6.42 Å². The van der Waals surface area contributed by atoms with E-state index in [1.54, 1.807) is 0 Å². The second-order valence-corrected chi connectivity index (χ2v) is 4.86. The molecule has 0 fully saturated rings. The van der Waals surface area contributed by atoms with Crippen molar-refractivity contribution in [2.45, 2.75) is 52.4 Å². The molecular formula is C15H23N. The van der Waals surface area contributed by atoms with Crippen LogP contribution in [0.25, 0.3) is 0 Å². The van der Waals surface area contributed by atoms with E-state index in [4.69, 9.17) is 5.26 Å². The van der Waals surface area contributed by atoms with Gasteiger partial charge in [-0.2, -0.15) is 5.26 Å². The van der Waals surface area contributed by atoms with Crippen molar-refractivity contribution in [3.05, 3.63) is 23.8 Å². The highest BCUT2D eigenvalue weighted by atomic mass is 14.2. The van der Waals surface area contributed by atoms with Gasteiger partial charge >= 0.3 is 0 Å². The lowest BCUT2D eigenvalue weighted by atomic mass is 9.85. The van der Waals surface area contributed by atoms with Crippen LogP contribution in [0.15, 0.2) is 23.8 Å². The maximum Gasteiger partial charge on any atom is 0.0663 e. The lowest BCUT2D eigenvalue weighted by Gasteiger charge is -2.20. The molecule has 88 valence electrons. The van der Waals surface area contributed by atoms with Gasteiger partial charge in [-0.15, -0.1) is 0 Å². The fourth-order valence-corrected chi connectivity index (χ4v) is 2.48. The van der Waals surface area contributed by atoms with Gasteiger partial charge in [0.2, 0.25) is 0 Å². The van der Waals surface area contributed by atoms with Crippen molar-refractivity contribution in [2.75, 3.05) is 0 Å². The molecule has 1 rings (SSSR count). The zero-order chi connectivity index (χ0) is 11.8. The average Bonchev–Trinajstić information content (AvgIpc) is 2.79. The summed E-state index contributed by atoms with van der Waals surface area (Å²) in [6.07, 6.45) is 13.4. The van der Waals surface area contributed by atoms with Crippen LogP contribution in [0, 0.1) is 23.2 Å². The molecule has 0 bridgehead atoms. The van der Waals surface area contributed by atoms with Crippen molar-refractivity contribution in [3.8, 4) is 6.07 Å². The van der Waals surface area contributed by atoms with E-state index in [1.165, 1.54) is 31.3 Å². The highest BCUT2D eigenvalue weighted by Gasteiger charge is 2.18. The molecule has 0 amide bonds. The zero-order valence-electron chi connectivity index (χ0n) is 10.6. The number of hydrogen-bond donors (Lipinski definition) is 0. The molecule has 0 radical (unpaired) electrons. The van der Waals surface area contributed by atoms with E-state index in [0.717, 1.165) is 18.3 Å². The van der Waals surface area contributed by atoms with Gasteiger partial charge in [0.15, 0.2) is 0 Å². The summed E-state index contributed by atoms with van der Waals surface area (Å²) in [5, 5.41) is 8.62. The standard InChI is InChI=1S/C15H23N/c1-3-7-14(8-6-11-16)12-13(2)15-9-4-5-10-15/h4-5,8,13,15H,3,6-7,9-10,12H2,1-2H3. The molecule has 0 heterocycles. The first kappa shape index (κ1) is 13.0. The average molecular weight is 217 g/mol. The zero-order valence-corrected chi connectivity index (χ0v) is 10.6. The molecule has 1 nitrogen and oxygen atoms in total. The van der Waals surface area contributed by atoms with Gasteiger partial charge < -0.3 is 0 Å². The third kappa shape index (κ3) is 4.23. The van der Waals surface area contributed by atoms with E-state index in [-0.39, 0.29) is 0 Å². The summed E-state index contributed by atoms with van der Waals surface area (Å²) >= 11 is 0. The van der Waals surface area contributed by atoms with Crippen molar-refractivity contribution in [1.29, 1.82) is 5.26 Å². The smallest absolute Gasteiger partial charge is 0.0663 e. The van der Waals surface area contributed by atoms with E-state index >= 15 is 0 Å². The lowest BCUT2D eigenvalue weighted by molar-refractivity contribution is 0.371. The van der Waals surface area contributed by atoms with Gasteiger partial charge in [0.25, 0.3) is 0 Å². The summed E-state index contributed by atoms with van der Waals surface area (Å²) in [6, 6.07) is 2.21. The first-order chi connectivity index (χ1) is 7.77. The minimum atomic E-state index is 0.574. The predicted molar refractivity (Wildman–Crippen MR) is 68.9 cm³/mol. The Kier molecular flexibility index (Phi) is 5.93.